The Kier molecular flexibility index (Phi) is 3.74. The van der Waals surface area contributed by atoms with Crippen molar-refractivity contribution in [2.75, 3.05) is 11.1 Å². The minimum Gasteiger partial charge on any atom is -0.398 e. The van der Waals surface area contributed by atoms with E-state index < -0.39 is 0 Å². The van der Waals surface area contributed by atoms with E-state index >= 15 is 0 Å². The molecule has 0 aliphatic carbocycles. The largest absolute Gasteiger partial charge is 0.398 e. The molecule has 2 aromatic rings. The van der Waals surface area contributed by atoms with Crippen LogP contribution in [0.2, 0.25) is 0 Å². The number of pyridine rings is 1. The van der Waals surface area contributed by atoms with Crippen molar-refractivity contribution in [3.63, 3.8) is 0 Å². The number of nitrogens with zero attached hydrogens (tertiary/aromatic N) is 1. The van der Waals surface area contributed by atoms with Crippen LogP contribution in [0.3, 0.4) is 0 Å². The number of aromatic nitrogens is 1. The van der Waals surface area contributed by atoms with Gasteiger partial charge in [0.05, 0.1) is 11.3 Å². The van der Waals surface area contributed by atoms with Crippen molar-refractivity contribution in [1.82, 2.24) is 4.98 Å². The highest BCUT2D eigenvalue weighted by Gasteiger charge is 2.12. The van der Waals surface area contributed by atoms with Crippen LogP contribution < -0.4 is 11.1 Å². The molecule has 4 nitrogen and oxygen atoms in total. The smallest absolute Gasteiger partial charge is 0.257 e. The van der Waals surface area contributed by atoms with Gasteiger partial charge in [0.25, 0.3) is 5.91 Å². The first-order chi connectivity index (χ1) is 9.38. The highest BCUT2D eigenvalue weighted by molar-refractivity contribution is 6.05. The van der Waals surface area contributed by atoms with Crippen LogP contribution in [0.25, 0.3) is 0 Å². The number of benzene rings is 1. The molecule has 0 bridgehead atoms. The second-order valence-corrected chi connectivity index (χ2v) is 5.06. The maximum Gasteiger partial charge on any atom is 0.257 e. The number of hydrogen-bond donors (Lipinski definition) is 2. The van der Waals surface area contributed by atoms with E-state index in [9.17, 15) is 4.79 Å². The molecule has 0 unspecified atom stereocenters. The number of carbonyl (C=O) groups excluding carboxylic acids is 1. The molecule has 104 valence electrons. The van der Waals surface area contributed by atoms with E-state index in [1.807, 2.05) is 39.8 Å². The molecule has 0 saturated heterocycles. The van der Waals surface area contributed by atoms with Crippen molar-refractivity contribution in [3.8, 4) is 0 Å². The van der Waals surface area contributed by atoms with E-state index in [1.165, 1.54) is 0 Å². The highest BCUT2D eigenvalue weighted by atomic mass is 16.1. The zero-order valence-electron chi connectivity index (χ0n) is 12.2. The third-order valence-corrected chi connectivity index (χ3v) is 3.33. The van der Waals surface area contributed by atoms with Gasteiger partial charge in [-0.15, -0.1) is 0 Å². The maximum absolute atomic E-state index is 12.3. The van der Waals surface area contributed by atoms with E-state index in [4.69, 9.17) is 5.73 Å². The van der Waals surface area contributed by atoms with E-state index in [0.29, 0.717) is 11.3 Å². The number of rotatable bonds is 2. The van der Waals surface area contributed by atoms with E-state index in [0.717, 1.165) is 28.2 Å². The van der Waals surface area contributed by atoms with Crippen molar-refractivity contribution in [2.24, 2.45) is 0 Å². The number of nitrogens with one attached hydrogen (secondary N) is 1. The van der Waals surface area contributed by atoms with Gasteiger partial charge in [-0.3, -0.25) is 9.78 Å². The molecule has 0 spiro atoms. The Hall–Kier alpha value is -2.36. The summed E-state index contributed by atoms with van der Waals surface area (Å²) in [6.07, 6.45) is 0. The normalized spacial score (nSPS) is 10.4. The summed E-state index contributed by atoms with van der Waals surface area (Å²) >= 11 is 0. The van der Waals surface area contributed by atoms with Crippen LogP contribution in [0.4, 0.5) is 11.4 Å². The Bertz CT molecular complexity index is 678. The summed E-state index contributed by atoms with van der Waals surface area (Å²) < 4.78 is 0. The molecular formula is C16H19N3O. The van der Waals surface area contributed by atoms with Crippen LogP contribution in [0, 0.1) is 27.7 Å². The van der Waals surface area contributed by atoms with Crippen molar-refractivity contribution < 1.29 is 4.79 Å². The zero-order valence-corrected chi connectivity index (χ0v) is 12.2. The van der Waals surface area contributed by atoms with Crippen molar-refractivity contribution in [2.45, 2.75) is 27.7 Å². The molecule has 0 aliphatic rings. The molecule has 0 aliphatic heterocycles. The first-order valence-electron chi connectivity index (χ1n) is 6.51. The van der Waals surface area contributed by atoms with Crippen LogP contribution in [0.5, 0.6) is 0 Å². The summed E-state index contributed by atoms with van der Waals surface area (Å²) in [6.45, 7) is 7.63. The van der Waals surface area contributed by atoms with Gasteiger partial charge in [-0.1, -0.05) is 6.07 Å². The first-order valence-corrected chi connectivity index (χ1v) is 6.51. The van der Waals surface area contributed by atoms with Gasteiger partial charge in [0.15, 0.2) is 0 Å². The summed E-state index contributed by atoms with van der Waals surface area (Å²) in [5.74, 6) is -0.165. The fraction of sp³-hybridized carbons (Fsp3) is 0.250. The van der Waals surface area contributed by atoms with Gasteiger partial charge in [-0.25, -0.2) is 0 Å². The molecule has 0 radical (unpaired) electrons. The van der Waals surface area contributed by atoms with Crippen molar-refractivity contribution in [1.29, 1.82) is 0 Å². The molecular weight excluding hydrogens is 250 g/mol. The fourth-order valence-corrected chi connectivity index (χ4v) is 2.12. The topological polar surface area (TPSA) is 68.0 Å². The van der Waals surface area contributed by atoms with E-state index in [2.05, 4.69) is 10.3 Å². The molecule has 1 aromatic heterocycles. The van der Waals surface area contributed by atoms with Gasteiger partial charge >= 0.3 is 0 Å². The lowest BCUT2D eigenvalue weighted by atomic mass is 10.1. The van der Waals surface area contributed by atoms with Gasteiger partial charge in [0.2, 0.25) is 0 Å². The number of nitrogen functional groups attached to an aromatic ring is 1. The Morgan fingerprint density at radius 3 is 2.45 bits per heavy atom. The van der Waals surface area contributed by atoms with Crippen LogP contribution in [-0.2, 0) is 0 Å². The molecule has 0 fully saturated rings. The average Bonchev–Trinajstić information content (AvgIpc) is 2.35. The van der Waals surface area contributed by atoms with Gasteiger partial charge in [-0.2, -0.15) is 0 Å². The standard InChI is InChI=1S/C16H19N3O/c1-9-7-10(2)15(8-14(9)17)19-16(20)13-6-5-11(3)18-12(13)4/h5-8H,17H2,1-4H3,(H,19,20). The van der Waals surface area contributed by atoms with E-state index in [-0.39, 0.29) is 5.91 Å². The molecule has 4 heteroatoms. The van der Waals surface area contributed by atoms with Crippen LogP contribution >= 0.6 is 0 Å². The quantitative estimate of drug-likeness (QED) is 0.823. The molecule has 1 aromatic carbocycles. The van der Waals surface area contributed by atoms with Crippen molar-refractivity contribution >= 4 is 17.3 Å². The summed E-state index contributed by atoms with van der Waals surface area (Å²) in [6, 6.07) is 7.38. The highest BCUT2D eigenvalue weighted by Crippen LogP contribution is 2.23. The maximum atomic E-state index is 12.3. The molecule has 2 rings (SSSR count). The second-order valence-electron chi connectivity index (χ2n) is 5.06. The Labute approximate surface area is 119 Å². The van der Waals surface area contributed by atoms with Crippen molar-refractivity contribution in [3.05, 3.63) is 52.3 Å². The summed E-state index contributed by atoms with van der Waals surface area (Å²) in [7, 11) is 0. The van der Waals surface area contributed by atoms with Crippen LogP contribution in [-0.4, -0.2) is 10.9 Å². The monoisotopic (exact) mass is 269 g/mol. The summed E-state index contributed by atoms with van der Waals surface area (Å²) in [5.41, 5.74) is 11.5. The Balaban J connectivity index is 2.30. The van der Waals surface area contributed by atoms with Gasteiger partial charge in [-0.05, 0) is 57.0 Å². The molecule has 20 heavy (non-hydrogen) atoms. The SMILES string of the molecule is Cc1ccc(C(=O)Nc2cc(N)c(C)cc2C)c(C)n1. The third kappa shape index (κ3) is 2.79. The number of aryl methyl sites for hydroxylation is 4. The zero-order chi connectivity index (χ0) is 14.9. The summed E-state index contributed by atoms with van der Waals surface area (Å²) in [4.78, 5) is 16.6. The van der Waals surface area contributed by atoms with E-state index in [1.54, 1.807) is 12.1 Å². The number of hydrogen-bond acceptors (Lipinski definition) is 3. The minimum absolute atomic E-state index is 0.165. The molecule has 0 atom stereocenters. The predicted octanol–water partition coefficient (Wildman–Crippen LogP) is 3.15. The second kappa shape index (κ2) is 5.33. The lowest BCUT2D eigenvalue weighted by Gasteiger charge is -2.12. The molecule has 0 saturated carbocycles. The molecule has 1 heterocycles. The Morgan fingerprint density at radius 1 is 1.10 bits per heavy atom. The predicted molar refractivity (Wildman–Crippen MR) is 82.0 cm³/mol. The van der Waals surface area contributed by atoms with Crippen LogP contribution in [0.15, 0.2) is 24.3 Å². The first kappa shape index (κ1) is 14.1. The number of anilines is 2. The van der Waals surface area contributed by atoms with Gasteiger partial charge < -0.3 is 11.1 Å². The van der Waals surface area contributed by atoms with Crippen LogP contribution in [0.1, 0.15) is 32.9 Å². The third-order valence-electron chi connectivity index (χ3n) is 3.33. The lowest BCUT2D eigenvalue weighted by molar-refractivity contribution is 0.102. The number of amides is 1. The fourth-order valence-electron chi connectivity index (χ4n) is 2.12. The number of carbonyl (C=O) groups is 1. The molecule has 1 amide bonds. The average molecular weight is 269 g/mol. The Morgan fingerprint density at radius 2 is 1.80 bits per heavy atom. The minimum atomic E-state index is -0.165. The van der Waals surface area contributed by atoms with Gasteiger partial charge in [0, 0.05) is 17.1 Å². The molecule has 3 N–H and O–H groups in total. The number of nitrogens with two attached hydrogens (primary N) is 1. The lowest BCUT2D eigenvalue weighted by Crippen LogP contribution is -2.15. The van der Waals surface area contributed by atoms with Gasteiger partial charge in [0.1, 0.15) is 0 Å². The summed E-state index contributed by atoms with van der Waals surface area (Å²) in [5, 5.41) is 2.90.